The van der Waals surface area contributed by atoms with E-state index in [4.69, 9.17) is 5.11 Å². The molecule has 0 saturated carbocycles. The van der Waals surface area contributed by atoms with E-state index in [1.165, 1.54) is 0 Å². The van der Waals surface area contributed by atoms with Crippen LogP contribution in [0.15, 0.2) is 41.6 Å². The van der Waals surface area contributed by atoms with Crippen LogP contribution in [-0.4, -0.2) is 40.6 Å². The summed E-state index contributed by atoms with van der Waals surface area (Å²) in [6.07, 6.45) is 5.63. The molecule has 2 heterocycles. The minimum Gasteiger partial charge on any atom is -0.393 e. The van der Waals surface area contributed by atoms with Gasteiger partial charge in [-0.2, -0.15) is 0 Å². The second kappa shape index (κ2) is 7.33. The molecule has 0 spiro atoms. The normalized spacial score (nSPS) is 24.1. The second-order valence-corrected chi connectivity index (χ2v) is 7.40. The lowest BCUT2D eigenvalue weighted by Gasteiger charge is -2.27. The summed E-state index contributed by atoms with van der Waals surface area (Å²) < 4.78 is 0. The number of nitrogens with one attached hydrogen (secondary N) is 2. The molecule has 3 unspecified atom stereocenters. The van der Waals surface area contributed by atoms with Crippen LogP contribution in [0.1, 0.15) is 35.4 Å². The first kappa shape index (κ1) is 18.6. The number of hydrogen-bond donors (Lipinski definition) is 4. The molecule has 3 atom stereocenters. The Morgan fingerprint density at radius 1 is 1.29 bits per heavy atom. The van der Waals surface area contributed by atoms with Crippen LogP contribution >= 0.6 is 0 Å². The molecule has 7 heteroatoms. The highest BCUT2D eigenvalue weighted by molar-refractivity contribution is 6.12. The summed E-state index contributed by atoms with van der Waals surface area (Å²) >= 11 is 0. The summed E-state index contributed by atoms with van der Waals surface area (Å²) in [7, 11) is 0. The van der Waals surface area contributed by atoms with Crippen LogP contribution in [0.5, 0.6) is 0 Å². The third-order valence-corrected chi connectivity index (χ3v) is 5.70. The van der Waals surface area contributed by atoms with Gasteiger partial charge < -0.3 is 20.8 Å². The van der Waals surface area contributed by atoms with E-state index in [-0.39, 0.29) is 11.8 Å². The van der Waals surface area contributed by atoms with Crippen LogP contribution in [0.25, 0.3) is 0 Å². The van der Waals surface area contributed by atoms with Crippen molar-refractivity contribution in [3.8, 4) is 0 Å². The molecule has 2 amide bonds. The first-order valence-electron chi connectivity index (χ1n) is 9.49. The molecule has 0 radical (unpaired) electrons. The van der Waals surface area contributed by atoms with Crippen LogP contribution in [0.2, 0.25) is 0 Å². The van der Waals surface area contributed by atoms with Gasteiger partial charge in [-0.3, -0.25) is 9.59 Å². The summed E-state index contributed by atoms with van der Waals surface area (Å²) in [4.78, 5) is 29.1. The Morgan fingerprint density at radius 2 is 2.04 bits per heavy atom. The fraction of sp³-hybridized carbons (Fsp3) is 0.381. The van der Waals surface area contributed by atoms with Crippen molar-refractivity contribution in [2.75, 3.05) is 11.9 Å². The Labute approximate surface area is 162 Å². The number of carbonyl (C=O) groups is 2. The summed E-state index contributed by atoms with van der Waals surface area (Å²) in [5, 5.41) is 24.2. The molecule has 1 fully saturated rings. The highest BCUT2D eigenvalue weighted by atomic mass is 16.3. The van der Waals surface area contributed by atoms with E-state index in [9.17, 15) is 14.7 Å². The van der Waals surface area contributed by atoms with E-state index in [1.54, 1.807) is 12.3 Å². The van der Waals surface area contributed by atoms with E-state index >= 15 is 0 Å². The lowest BCUT2D eigenvalue weighted by Crippen LogP contribution is -2.31. The maximum Gasteiger partial charge on any atom is 0.255 e. The molecule has 28 heavy (non-hydrogen) atoms. The summed E-state index contributed by atoms with van der Waals surface area (Å²) in [6, 6.07) is 3.66. The smallest absolute Gasteiger partial charge is 0.255 e. The topological polar surface area (TPSA) is 111 Å². The van der Waals surface area contributed by atoms with Gasteiger partial charge in [-0.05, 0) is 60.1 Å². The molecule has 0 bridgehead atoms. The van der Waals surface area contributed by atoms with Gasteiger partial charge in [0, 0.05) is 11.9 Å². The van der Waals surface area contributed by atoms with Crippen LogP contribution < -0.4 is 10.6 Å². The van der Waals surface area contributed by atoms with Gasteiger partial charge >= 0.3 is 0 Å². The van der Waals surface area contributed by atoms with Crippen LogP contribution in [0, 0.1) is 5.92 Å². The number of hydrogen-bond acceptors (Lipinski definition) is 5. The number of aliphatic imine (C=N–C) groups is 1. The number of aliphatic hydroxyl groups excluding tert-OH is 2. The van der Waals surface area contributed by atoms with Crippen molar-refractivity contribution in [1.29, 1.82) is 0 Å². The van der Waals surface area contributed by atoms with Gasteiger partial charge in [0.25, 0.3) is 5.91 Å². The van der Waals surface area contributed by atoms with Gasteiger partial charge in [-0.25, -0.2) is 4.99 Å². The van der Waals surface area contributed by atoms with Crippen molar-refractivity contribution in [3.63, 3.8) is 0 Å². The van der Waals surface area contributed by atoms with Gasteiger partial charge in [-0.15, -0.1) is 0 Å². The maximum atomic E-state index is 12.8. The Balaban J connectivity index is 1.74. The molecule has 4 rings (SSSR count). The molecule has 4 N–H and O–H groups in total. The molecule has 1 aromatic carbocycles. The number of nitrogens with zero attached hydrogens (tertiary/aromatic N) is 1. The third kappa shape index (κ3) is 3.06. The zero-order chi connectivity index (χ0) is 19.8. The number of benzene rings is 1. The first-order chi connectivity index (χ1) is 13.5. The van der Waals surface area contributed by atoms with Crippen molar-refractivity contribution in [1.82, 2.24) is 5.32 Å². The van der Waals surface area contributed by atoms with Crippen molar-refractivity contribution in [3.05, 3.63) is 53.3 Å². The largest absolute Gasteiger partial charge is 0.393 e. The number of amides is 2. The highest BCUT2D eigenvalue weighted by Gasteiger charge is 2.44. The van der Waals surface area contributed by atoms with Gasteiger partial charge in [0.1, 0.15) is 5.84 Å². The maximum absolute atomic E-state index is 12.8. The number of anilines is 1. The predicted octanol–water partition coefficient (Wildman–Crippen LogP) is 1.17. The number of rotatable bonds is 4. The van der Waals surface area contributed by atoms with Crippen LogP contribution in [-0.2, 0) is 22.4 Å². The molecular weight excluding hydrogens is 358 g/mol. The number of amidine groups is 1. The predicted molar refractivity (Wildman–Crippen MR) is 105 cm³/mol. The van der Waals surface area contributed by atoms with Crippen molar-refractivity contribution in [2.45, 2.75) is 37.7 Å². The number of aliphatic hydroxyl groups is 2. The van der Waals surface area contributed by atoms with E-state index < -0.39 is 24.5 Å². The molecular formula is C21H23N3O4. The van der Waals surface area contributed by atoms with E-state index in [2.05, 4.69) is 22.2 Å². The van der Waals surface area contributed by atoms with E-state index in [1.807, 2.05) is 12.1 Å². The monoisotopic (exact) mass is 381 g/mol. The van der Waals surface area contributed by atoms with Gasteiger partial charge in [0.05, 0.1) is 18.4 Å². The number of fused-ring (bicyclic) bond motifs is 2. The quantitative estimate of drug-likeness (QED) is 0.627. The minimum atomic E-state index is -1.46. The Morgan fingerprint density at radius 3 is 2.79 bits per heavy atom. The molecule has 2 aliphatic heterocycles. The molecule has 1 aromatic rings. The SMILES string of the molecule is C=C1C=CN=C2NC(=O)C(c3ccc(NC(=O)C(O)CO)c4c3CCCC4)C12. The second-order valence-electron chi connectivity index (χ2n) is 7.40. The van der Waals surface area contributed by atoms with Crippen molar-refractivity contribution >= 4 is 23.3 Å². The fourth-order valence-electron chi connectivity index (χ4n) is 4.33. The lowest BCUT2D eigenvalue weighted by molar-refractivity contribution is -0.125. The molecule has 7 nitrogen and oxygen atoms in total. The fourth-order valence-corrected chi connectivity index (χ4v) is 4.33. The summed E-state index contributed by atoms with van der Waals surface area (Å²) in [5.74, 6) is -0.678. The molecule has 146 valence electrons. The van der Waals surface area contributed by atoms with Gasteiger partial charge in [0.2, 0.25) is 5.91 Å². The van der Waals surface area contributed by atoms with Crippen LogP contribution in [0.4, 0.5) is 5.69 Å². The van der Waals surface area contributed by atoms with Crippen LogP contribution in [0.3, 0.4) is 0 Å². The average molecular weight is 381 g/mol. The molecule has 3 aliphatic rings. The minimum absolute atomic E-state index is 0.0890. The average Bonchev–Trinajstić information content (AvgIpc) is 3.04. The zero-order valence-electron chi connectivity index (χ0n) is 15.4. The van der Waals surface area contributed by atoms with Crippen molar-refractivity contribution < 1.29 is 19.8 Å². The number of allylic oxidation sites excluding steroid dienone is 1. The molecule has 1 aliphatic carbocycles. The summed E-state index contributed by atoms with van der Waals surface area (Å²) in [5.41, 5.74) is 4.50. The molecule has 1 saturated heterocycles. The Hall–Kier alpha value is -2.77. The van der Waals surface area contributed by atoms with Gasteiger partial charge in [0.15, 0.2) is 6.10 Å². The van der Waals surface area contributed by atoms with E-state index in [0.717, 1.165) is 47.9 Å². The van der Waals surface area contributed by atoms with Gasteiger partial charge in [-0.1, -0.05) is 12.6 Å². The lowest BCUT2D eigenvalue weighted by atomic mass is 9.76. The number of carbonyl (C=O) groups excluding carboxylic acids is 2. The van der Waals surface area contributed by atoms with E-state index in [0.29, 0.717) is 11.5 Å². The third-order valence-electron chi connectivity index (χ3n) is 5.70. The molecule has 0 aromatic heterocycles. The first-order valence-corrected chi connectivity index (χ1v) is 9.49. The highest BCUT2D eigenvalue weighted by Crippen LogP contribution is 2.42. The van der Waals surface area contributed by atoms with Crippen molar-refractivity contribution in [2.24, 2.45) is 10.9 Å². The Kier molecular flexibility index (Phi) is 4.87. The zero-order valence-corrected chi connectivity index (χ0v) is 15.4. The standard InChI is InChI=1S/C21H23N3O4/c1-11-8-9-22-19-17(11)18(21(28)24-19)14-6-7-15(23-20(27)16(26)10-25)13-5-3-2-4-12(13)14/h6-9,16-18,25-26H,1-5,10H2,(H,23,27)(H,22,24,28). The summed E-state index contributed by atoms with van der Waals surface area (Å²) in [6.45, 7) is 3.47. The Bertz CT molecular complexity index is 918.